The van der Waals surface area contributed by atoms with Gasteiger partial charge < -0.3 is 20.1 Å². The van der Waals surface area contributed by atoms with Crippen molar-refractivity contribution in [2.75, 3.05) is 39.1 Å². The standard InChI is InChI=1S/C11H18N4O4/c1-3-19-9(16)7-15(4-5-18-2)11(17)10-8(12)6-13-14-10/h6H,3-5,7,12H2,1-2H3,(H,13,14). The van der Waals surface area contributed by atoms with Gasteiger partial charge in [-0.1, -0.05) is 0 Å². The molecule has 1 aromatic heterocycles. The summed E-state index contributed by atoms with van der Waals surface area (Å²) in [6.45, 7) is 2.36. The van der Waals surface area contributed by atoms with Crippen molar-refractivity contribution in [3.8, 4) is 0 Å². The number of amides is 1. The molecule has 1 heterocycles. The molecule has 19 heavy (non-hydrogen) atoms. The Bertz CT molecular complexity index is 432. The second-order valence-corrected chi connectivity index (χ2v) is 3.72. The summed E-state index contributed by atoms with van der Waals surface area (Å²) in [5, 5.41) is 6.18. The van der Waals surface area contributed by atoms with Crippen molar-refractivity contribution in [3.05, 3.63) is 11.9 Å². The van der Waals surface area contributed by atoms with Gasteiger partial charge in [0.05, 0.1) is 25.1 Å². The zero-order chi connectivity index (χ0) is 14.3. The van der Waals surface area contributed by atoms with E-state index in [0.717, 1.165) is 0 Å². The lowest BCUT2D eigenvalue weighted by atomic mass is 10.3. The molecular formula is C11H18N4O4. The fourth-order valence-electron chi connectivity index (χ4n) is 1.44. The van der Waals surface area contributed by atoms with Crippen molar-refractivity contribution >= 4 is 17.6 Å². The van der Waals surface area contributed by atoms with Crippen LogP contribution >= 0.6 is 0 Å². The van der Waals surface area contributed by atoms with E-state index in [1.807, 2.05) is 0 Å². The van der Waals surface area contributed by atoms with E-state index in [1.54, 1.807) is 6.92 Å². The maximum Gasteiger partial charge on any atom is 0.325 e. The molecule has 0 aromatic carbocycles. The normalized spacial score (nSPS) is 10.2. The number of hydrogen-bond acceptors (Lipinski definition) is 6. The predicted octanol–water partition coefficient (Wildman–Crippen LogP) is -0.356. The third kappa shape index (κ3) is 4.25. The van der Waals surface area contributed by atoms with Gasteiger partial charge in [-0.25, -0.2) is 0 Å². The van der Waals surface area contributed by atoms with Crippen LogP contribution < -0.4 is 5.73 Å². The number of carbonyl (C=O) groups excluding carboxylic acids is 2. The van der Waals surface area contributed by atoms with E-state index in [9.17, 15) is 9.59 Å². The lowest BCUT2D eigenvalue weighted by Gasteiger charge is -2.20. The summed E-state index contributed by atoms with van der Waals surface area (Å²) in [5.74, 6) is -0.898. The lowest BCUT2D eigenvalue weighted by molar-refractivity contribution is -0.143. The smallest absolute Gasteiger partial charge is 0.325 e. The Morgan fingerprint density at radius 2 is 2.26 bits per heavy atom. The molecule has 0 atom stereocenters. The zero-order valence-electron chi connectivity index (χ0n) is 11.0. The van der Waals surface area contributed by atoms with Crippen LogP contribution in [0.2, 0.25) is 0 Å². The third-order valence-corrected chi connectivity index (χ3v) is 2.36. The molecule has 1 amide bonds. The van der Waals surface area contributed by atoms with Gasteiger partial charge in [0.1, 0.15) is 12.2 Å². The molecule has 8 heteroatoms. The van der Waals surface area contributed by atoms with E-state index < -0.39 is 11.9 Å². The monoisotopic (exact) mass is 270 g/mol. The molecule has 8 nitrogen and oxygen atoms in total. The number of H-pyrrole nitrogens is 1. The lowest BCUT2D eigenvalue weighted by Crippen LogP contribution is -2.39. The van der Waals surface area contributed by atoms with E-state index in [-0.39, 0.29) is 31.1 Å². The van der Waals surface area contributed by atoms with Gasteiger partial charge in [-0.15, -0.1) is 0 Å². The van der Waals surface area contributed by atoms with E-state index in [2.05, 4.69) is 10.2 Å². The number of hydrogen-bond donors (Lipinski definition) is 2. The highest BCUT2D eigenvalue weighted by Gasteiger charge is 2.22. The first-order valence-corrected chi connectivity index (χ1v) is 5.82. The molecule has 0 fully saturated rings. The van der Waals surface area contributed by atoms with Crippen molar-refractivity contribution in [2.24, 2.45) is 0 Å². The second kappa shape index (κ2) is 7.37. The fraction of sp³-hybridized carbons (Fsp3) is 0.545. The molecule has 0 saturated carbocycles. The van der Waals surface area contributed by atoms with Crippen LogP contribution in [0.1, 0.15) is 17.4 Å². The Kier molecular flexibility index (Phi) is 5.80. The van der Waals surface area contributed by atoms with Gasteiger partial charge in [0, 0.05) is 13.7 Å². The molecule has 0 spiro atoms. The number of aromatic nitrogens is 2. The van der Waals surface area contributed by atoms with E-state index in [1.165, 1.54) is 18.2 Å². The van der Waals surface area contributed by atoms with Crippen molar-refractivity contribution in [1.82, 2.24) is 15.1 Å². The first-order valence-electron chi connectivity index (χ1n) is 5.82. The summed E-state index contributed by atoms with van der Waals surface area (Å²) in [4.78, 5) is 24.9. The number of nitrogens with zero attached hydrogens (tertiary/aromatic N) is 2. The van der Waals surface area contributed by atoms with Gasteiger partial charge in [-0.2, -0.15) is 5.10 Å². The summed E-state index contributed by atoms with van der Waals surface area (Å²) in [6, 6.07) is 0. The number of aromatic amines is 1. The van der Waals surface area contributed by atoms with Gasteiger partial charge in [0.2, 0.25) is 0 Å². The van der Waals surface area contributed by atoms with E-state index in [4.69, 9.17) is 15.2 Å². The van der Waals surface area contributed by atoms with Gasteiger partial charge in [-0.05, 0) is 6.92 Å². The minimum atomic E-state index is -0.481. The Morgan fingerprint density at radius 1 is 1.53 bits per heavy atom. The number of nitrogens with one attached hydrogen (secondary N) is 1. The molecule has 0 unspecified atom stereocenters. The third-order valence-electron chi connectivity index (χ3n) is 2.36. The number of anilines is 1. The average Bonchev–Trinajstić information content (AvgIpc) is 2.80. The molecular weight excluding hydrogens is 252 g/mol. The molecule has 0 radical (unpaired) electrons. The summed E-state index contributed by atoms with van der Waals surface area (Å²) in [7, 11) is 1.51. The maximum absolute atomic E-state index is 12.2. The van der Waals surface area contributed by atoms with Crippen LogP contribution in [0.15, 0.2) is 6.20 Å². The number of ether oxygens (including phenoxy) is 2. The number of nitrogens with two attached hydrogens (primary N) is 1. The van der Waals surface area contributed by atoms with E-state index >= 15 is 0 Å². The molecule has 0 aliphatic heterocycles. The molecule has 3 N–H and O–H groups in total. The Balaban J connectivity index is 2.75. The highest BCUT2D eigenvalue weighted by Crippen LogP contribution is 2.10. The molecule has 0 bridgehead atoms. The quantitative estimate of drug-likeness (QED) is 0.655. The number of esters is 1. The molecule has 1 aromatic rings. The summed E-state index contributed by atoms with van der Waals surface area (Å²) < 4.78 is 9.73. The minimum absolute atomic E-state index is 0.153. The SMILES string of the molecule is CCOC(=O)CN(CCOC)C(=O)c1[nH]ncc1N. The molecule has 0 aliphatic carbocycles. The molecule has 106 valence electrons. The number of carbonyl (C=O) groups is 2. The van der Waals surface area contributed by atoms with Gasteiger partial charge >= 0.3 is 5.97 Å². The van der Waals surface area contributed by atoms with Crippen molar-refractivity contribution in [2.45, 2.75) is 6.92 Å². The topological polar surface area (TPSA) is 111 Å². The minimum Gasteiger partial charge on any atom is -0.465 e. The van der Waals surface area contributed by atoms with Crippen molar-refractivity contribution < 1.29 is 19.1 Å². The maximum atomic E-state index is 12.2. The second-order valence-electron chi connectivity index (χ2n) is 3.72. The highest BCUT2D eigenvalue weighted by molar-refractivity contribution is 5.98. The predicted molar refractivity (Wildman–Crippen MR) is 67.4 cm³/mol. The Morgan fingerprint density at radius 3 is 2.79 bits per heavy atom. The Hall–Kier alpha value is -2.09. The number of nitrogen functional groups attached to an aromatic ring is 1. The Labute approximate surface area is 110 Å². The van der Waals surface area contributed by atoms with E-state index in [0.29, 0.717) is 6.61 Å². The van der Waals surface area contributed by atoms with Gasteiger partial charge in [-0.3, -0.25) is 14.7 Å². The number of rotatable bonds is 7. The summed E-state index contributed by atoms with van der Waals surface area (Å²) in [5.41, 5.74) is 5.99. The molecule has 0 saturated heterocycles. The van der Waals surface area contributed by atoms with Crippen molar-refractivity contribution in [1.29, 1.82) is 0 Å². The largest absolute Gasteiger partial charge is 0.465 e. The van der Waals surface area contributed by atoms with Gasteiger partial charge in [0.15, 0.2) is 0 Å². The first-order chi connectivity index (χ1) is 9.10. The van der Waals surface area contributed by atoms with Crippen LogP contribution in [-0.2, 0) is 14.3 Å². The van der Waals surface area contributed by atoms with Gasteiger partial charge in [0.25, 0.3) is 5.91 Å². The van der Waals surface area contributed by atoms with Crippen LogP contribution in [0.4, 0.5) is 5.69 Å². The first kappa shape index (κ1) is 15.0. The summed E-state index contributed by atoms with van der Waals surface area (Å²) >= 11 is 0. The summed E-state index contributed by atoms with van der Waals surface area (Å²) in [6.07, 6.45) is 1.34. The zero-order valence-corrected chi connectivity index (χ0v) is 11.0. The van der Waals surface area contributed by atoms with Crippen LogP contribution in [0.25, 0.3) is 0 Å². The molecule has 0 aliphatic rings. The van der Waals surface area contributed by atoms with Crippen LogP contribution in [0.5, 0.6) is 0 Å². The fourth-order valence-corrected chi connectivity index (χ4v) is 1.44. The van der Waals surface area contributed by atoms with Crippen LogP contribution in [0.3, 0.4) is 0 Å². The van der Waals surface area contributed by atoms with Crippen LogP contribution in [-0.4, -0.2) is 60.4 Å². The average molecular weight is 270 g/mol. The molecule has 1 rings (SSSR count). The highest BCUT2D eigenvalue weighted by atomic mass is 16.5. The van der Waals surface area contributed by atoms with Crippen molar-refractivity contribution in [3.63, 3.8) is 0 Å². The number of methoxy groups -OCH3 is 1. The van der Waals surface area contributed by atoms with Crippen LogP contribution in [0, 0.1) is 0 Å².